The molecule has 1 amide bonds. The number of nitrogens with one attached hydrogen (secondary N) is 1. The maximum atomic E-state index is 13.5. The molecule has 0 bridgehead atoms. The summed E-state index contributed by atoms with van der Waals surface area (Å²) in [7, 11) is 1.44. The third-order valence-corrected chi connectivity index (χ3v) is 4.82. The molecule has 1 aliphatic heterocycles. The van der Waals surface area contributed by atoms with Crippen molar-refractivity contribution in [1.82, 2.24) is 19.2 Å². The number of halogens is 1. The van der Waals surface area contributed by atoms with Gasteiger partial charge >= 0.3 is 0 Å². The molecule has 0 radical (unpaired) electrons. The molecule has 28 heavy (non-hydrogen) atoms. The Morgan fingerprint density at radius 3 is 2.82 bits per heavy atom. The molecule has 0 unspecified atom stereocenters. The molecular weight excluding hydrogens is 365 g/mol. The van der Waals surface area contributed by atoms with Gasteiger partial charge in [0.2, 0.25) is 5.95 Å². The first-order chi connectivity index (χ1) is 13.5. The second-order valence-electron chi connectivity index (χ2n) is 6.73. The van der Waals surface area contributed by atoms with Crippen LogP contribution in [0.15, 0.2) is 24.5 Å². The molecule has 148 valence electrons. The number of carbonyl (C=O) groups excluding carboxylic acids is 1. The van der Waals surface area contributed by atoms with E-state index in [1.54, 1.807) is 12.3 Å². The SMILES string of the molecule is CCOc1cc2nc(C3CCOCC3)cn2cc1NC(=O)c1cc(F)n(C)n1. The zero-order valence-corrected chi connectivity index (χ0v) is 15.8. The van der Waals surface area contributed by atoms with E-state index in [1.807, 2.05) is 17.5 Å². The Bertz CT molecular complexity index is 987. The minimum Gasteiger partial charge on any atom is -0.491 e. The second-order valence-corrected chi connectivity index (χ2v) is 6.73. The normalized spacial score (nSPS) is 15.1. The standard InChI is InChI=1S/C19H22FN5O3/c1-3-28-16-9-18-21-14(12-4-6-27-7-5-12)10-25(18)11-15(16)22-19(26)13-8-17(20)24(2)23-13/h8-12H,3-7H2,1-2H3,(H,22,26). The highest BCUT2D eigenvalue weighted by molar-refractivity contribution is 6.03. The zero-order valence-electron chi connectivity index (χ0n) is 15.8. The molecule has 1 saturated heterocycles. The smallest absolute Gasteiger partial charge is 0.276 e. The summed E-state index contributed by atoms with van der Waals surface area (Å²) < 4.78 is 27.5. The average molecular weight is 387 g/mol. The Morgan fingerprint density at radius 1 is 1.36 bits per heavy atom. The summed E-state index contributed by atoms with van der Waals surface area (Å²) in [5.41, 5.74) is 2.21. The van der Waals surface area contributed by atoms with E-state index >= 15 is 0 Å². The highest BCUT2D eigenvalue weighted by atomic mass is 19.1. The van der Waals surface area contributed by atoms with Crippen molar-refractivity contribution in [2.24, 2.45) is 7.05 Å². The molecule has 1 N–H and O–H groups in total. The van der Waals surface area contributed by atoms with E-state index in [4.69, 9.17) is 14.5 Å². The number of rotatable bonds is 5. The lowest BCUT2D eigenvalue weighted by Crippen LogP contribution is -2.14. The van der Waals surface area contributed by atoms with Gasteiger partial charge in [0.1, 0.15) is 17.1 Å². The van der Waals surface area contributed by atoms with Gasteiger partial charge in [-0.1, -0.05) is 0 Å². The number of aryl methyl sites for hydroxylation is 1. The van der Waals surface area contributed by atoms with Crippen molar-refractivity contribution in [2.45, 2.75) is 25.7 Å². The third kappa shape index (κ3) is 3.57. The lowest BCUT2D eigenvalue weighted by atomic mass is 9.97. The van der Waals surface area contributed by atoms with Gasteiger partial charge in [-0.3, -0.25) is 4.79 Å². The number of aromatic nitrogens is 4. The highest BCUT2D eigenvalue weighted by Crippen LogP contribution is 2.30. The largest absolute Gasteiger partial charge is 0.491 e. The predicted molar refractivity (Wildman–Crippen MR) is 100 cm³/mol. The molecule has 0 aromatic carbocycles. The maximum Gasteiger partial charge on any atom is 0.276 e. The van der Waals surface area contributed by atoms with Crippen molar-refractivity contribution in [2.75, 3.05) is 25.1 Å². The van der Waals surface area contributed by atoms with Crippen LogP contribution < -0.4 is 10.1 Å². The van der Waals surface area contributed by atoms with E-state index in [0.29, 0.717) is 24.0 Å². The maximum absolute atomic E-state index is 13.5. The van der Waals surface area contributed by atoms with Crippen LogP contribution in [0, 0.1) is 5.95 Å². The van der Waals surface area contributed by atoms with Gasteiger partial charge in [-0.15, -0.1) is 0 Å². The predicted octanol–water partition coefficient (Wildman–Crippen LogP) is 2.75. The van der Waals surface area contributed by atoms with Gasteiger partial charge in [0.25, 0.3) is 5.91 Å². The van der Waals surface area contributed by atoms with E-state index in [-0.39, 0.29) is 5.69 Å². The van der Waals surface area contributed by atoms with E-state index < -0.39 is 11.9 Å². The van der Waals surface area contributed by atoms with Gasteiger partial charge in [0, 0.05) is 50.7 Å². The Hall–Kier alpha value is -2.94. The fraction of sp³-hybridized carbons (Fsp3) is 0.421. The van der Waals surface area contributed by atoms with Crippen LogP contribution in [0.25, 0.3) is 5.65 Å². The molecule has 9 heteroatoms. The Labute approximate surface area is 161 Å². The van der Waals surface area contributed by atoms with Crippen LogP contribution in [0.1, 0.15) is 41.9 Å². The van der Waals surface area contributed by atoms with Crippen LogP contribution in [-0.4, -0.2) is 44.9 Å². The van der Waals surface area contributed by atoms with Crippen LogP contribution in [0.2, 0.25) is 0 Å². The van der Waals surface area contributed by atoms with Gasteiger partial charge in [0.05, 0.1) is 12.3 Å². The number of ether oxygens (including phenoxy) is 2. The van der Waals surface area contributed by atoms with Gasteiger partial charge < -0.3 is 19.2 Å². The highest BCUT2D eigenvalue weighted by Gasteiger charge is 2.20. The molecule has 0 spiro atoms. The summed E-state index contributed by atoms with van der Waals surface area (Å²) in [6.07, 6.45) is 5.61. The number of nitrogens with zero attached hydrogens (tertiary/aromatic N) is 4. The van der Waals surface area contributed by atoms with Crippen LogP contribution >= 0.6 is 0 Å². The number of anilines is 1. The monoisotopic (exact) mass is 387 g/mol. The molecule has 8 nitrogen and oxygen atoms in total. The van der Waals surface area contributed by atoms with Gasteiger partial charge in [-0.05, 0) is 19.8 Å². The lowest BCUT2D eigenvalue weighted by Gasteiger charge is -2.19. The molecule has 4 rings (SSSR count). The van der Waals surface area contributed by atoms with E-state index in [2.05, 4.69) is 10.4 Å². The van der Waals surface area contributed by atoms with Crippen molar-refractivity contribution >= 4 is 17.2 Å². The van der Waals surface area contributed by atoms with Crippen LogP contribution in [-0.2, 0) is 11.8 Å². The fourth-order valence-corrected chi connectivity index (χ4v) is 3.34. The summed E-state index contributed by atoms with van der Waals surface area (Å²) in [6.45, 7) is 3.78. The number of pyridine rings is 1. The topological polar surface area (TPSA) is 82.7 Å². The van der Waals surface area contributed by atoms with Gasteiger partial charge in [-0.25, -0.2) is 9.67 Å². The summed E-state index contributed by atoms with van der Waals surface area (Å²) >= 11 is 0. The molecule has 3 aromatic heterocycles. The number of hydrogen-bond acceptors (Lipinski definition) is 5. The first-order valence-corrected chi connectivity index (χ1v) is 9.29. The lowest BCUT2D eigenvalue weighted by molar-refractivity contribution is 0.0846. The Kier molecular flexibility index (Phi) is 4.99. The Morgan fingerprint density at radius 2 is 2.14 bits per heavy atom. The number of amides is 1. The fourth-order valence-electron chi connectivity index (χ4n) is 3.34. The molecule has 1 fully saturated rings. The summed E-state index contributed by atoms with van der Waals surface area (Å²) in [6, 6.07) is 2.88. The van der Waals surface area contributed by atoms with Gasteiger partial charge in [-0.2, -0.15) is 9.49 Å². The second kappa shape index (κ2) is 7.59. The van der Waals surface area contributed by atoms with Gasteiger partial charge in [0.15, 0.2) is 5.69 Å². The van der Waals surface area contributed by atoms with Crippen molar-refractivity contribution in [1.29, 1.82) is 0 Å². The molecule has 0 saturated carbocycles. The van der Waals surface area contributed by atoms with E-state index in [9.17, 15) is 9.18 Å². The van der Waals surface area contributed by atoms with E-state index in [0.717, 1.165) is 48.1 Å². The first-order valence-electron chi connectivity index (χ1n) is 9.29. The molecule has 3 aromatic rings. The number of imidazole rings is 1. The van der Waals surface area contributed by atoms with Crippen LogP contribution in [0.5, 0.6) is 5.75 Å². The number of fused-ring (bicyclic) bond motifs is 1. The zero-order chi connectivity index (χ0) is 19.7. The summed E-state index contributed by atoms with van der Waals surface area (Å²) in [5.74, 6) is -0.228. The molecule has 1 aliphatic rings. The first kappa shape index (κ1) is 18.4. The van der Waals surface area contributed by atoms with Crippen molar-refractivity contribution < 1.29 is 18.7 Å². The number of carbonyl (C=O) groups is 1. The quantitative estimate of drug-likeness (QED) is 0.728. The van der Waals surface area contributed by atoms with E-state index in [1.165, 1.54) is 7.05 Å². The molecule has 0 atom stereocenters. The summed E-state index contributed by atoms with van der Waals surface area (Å²) in [5, 5.41) is 6.63. The molecule has 4 heterocycles. The molecule has 0 aliphatic carbocycles. The Balaban J connectivity index is 1.65. The summed E-state index contributed by atoms with van der Waals surface area (Å²) in [4.78, 5) is 17.2. The van der Waals surface area contributed by atoms with Crippen molar-refractivity contribution in [3.8, 4) is 5.75 Å². The molecular formula is C19H22FN5O3. The third-order valence-electron chi connectivity index (χ3n) is 4.82. The number of hydrogen-bond donors (Lipinski definition) is 1. The van der Waals surface area contributed by atoms with Crippen LogP contribution in [0.4, 0.5) is 10.1 Å². The minimum absolute atomic E-state index is 0.00364. The van der Waals surface area contributed by atoms with Crippen molar-refractivity contribution in [3.63, 3.8) is 0 Å². The minimum atomic E-state index is -0.582. The van der Waals surface area contributed by atoms with Crippen LogP contribution in [0.3, 0.4) is 0 Å². The van der Waals surface area contributed by atoms with Crippen molar-refractivity contribution in [3.05, 3.63) is 41.9 Å². The average Bonchev–Trinajstić information content (AvgIpc) is 3.26.